The van der Waals surface area contributed by atoms with Crippen molar-refractivity contribution in [1.82, 2.24) is 24.6 Å². The molecular weight excluding hydrogens is 230 g/mol. The Morgan fingerprint density at radius 2 is 2.50 bits per heavy atom. The Labute approximate surface area is 94.6 Å². The summed E-state index contributed by atoms with van der Waals surface area (Å²) in [6.07, 6.45) is 3.11. The monoisotopic (exact) mass is 239 g/mol. The number of amides is 1. The fraction of sp³-hybridized carbons (Fsp3) is 0.286. The molecule has 2 aromatic rings. The molecule has 8 nitrogen and oxygen atoms in total. The molecule has 0 unspecified atom stereocenters. The fourth-order valence-electron chi connectivity index (χ4n) is 1.06. The van der Waals surface area contributed by atoms with Gasteiger partial charge in [-0.15, -0.1) is 10.2 Å². The fourth-order valence-corrected chi connectivity index (χ4v) is 1.49. The number of carbonyl (C=O) groups excluding carboxylic acids is 1. The molecule has 0 aliphatic carbocycles. The lowest BCUT2D eigenvalue weighted by atomic mass is 10.5. The first kappa shape index (κ1) is 10.6. The number of rotatable bonds is 4. The van der Waals surface area contributed by atoms with Crippen LogP contribution in [-0.4, -0.2) is 30.5 Å². The van der Waals surface area contributed by atoms with Crippen molar-refractivity contribution in [3.8, 4) is 0 Å². The van der Waals surface area contributed by atoms with E-state index in [9.17, 15) is 4.79 Å². The van der Waals surface area contributed by atoms with E-state index in [1.807, 2.05) is 0 Å². The van der Waals surface area contributed by atoms with E-state index in [-0.39, 0.29) is 12.5 Å². The van der Waals surface area contributed by atoms with E-state index in [2.05, 4.69) is 25.2 Å². The Hall–Kier alpha value is -1.87. The molecule has 2 rings (SSSR count). The average Bonchev–Trinajstić information content (AvgIpc) is 2.89. The second kappa shape index (κ2) is 4.77. The van der Waals surface area contributed by atoms with E-state index < -0.39 is 0 Å². The van der Waals surface area contributed by atoms with Crippen LogP contribution in [-0.2, 0) is 17.9 Å². The molecule has 0 aliphatic heterocycles. The summed E-state index contributed by atoms with van der Waals surface area (Å²) in [6.45, 7) is 0.394. The molecule has 0 spiro atoms. The second-order valence-electron chi connectivity index (χ2n) is 2.94. The van der Waals surface area contributed by atoms with Crippen LogP contribution in [0.3, 0.4) is 0 Å². The van der Waals surface area contributed by atoms with E-state index in [1.165, 1.54) is 10.9 Å². The van der Waals surface area contributed by atoms with Gasteiger partial charge < -0.3 is 11.1 Å². The van der Waals surface area contributed by atoms with Gasteiger partial charge in [0.1, 0.15) is 11.5 Å². The minimum Gasteiger partial charge on any atom is -0.325 e. The summed E-state index contributed by atoms with van der Waals surface area (Å²) in [4.78, 5) is 11.5. The Bertz CT molecular complexity index is 465. The van der Waals surface area contributed by atoms with Gasteiger partial charge in [0, 0.05) is 18.1 Å². The molecular formula is C7H9N7OS. The number of hydrogen-bond donors (Lipinski definition) is 2. The van der Waals surface area contributed by atoms with Gasteiger partial charge in [-0.05, 0) is 0 Å². The van der Waals surface area contributed by atoms with Crippen molar-refractivity contribution in [2.24, 2.45) is 5.73 Å². The summed E-state index contributed by atoms with van der Waals surface area (Å²) >= 11 is 1.11. The number of carbonyl (C=O) groups is 1. The Balaban J connectivity index is 1.92. The van der Waals surface area contributed by atoms with Crippen molar-refractivity contribution in [2.75, 3.05) is 5.32 Å². The number of hydrogen-bond acceptors (Lipinski definition) is 7. The van der Waals surface area contributed by atoms with Crippen LogP contribution in [0.4, 0.5) is 5.00 Å². The van der Waals surface area contributed by atoms with Gasteiger partial charge in [0.2, 0.25) is 5.91 Å². The molecule has 3 N–H and O–H groups in total. The normalized spacial score (nSPS) is 10.3. The summed E-state index contributed by atoms with van der Waals surface area (Å²) in [5, 5.41) is 14.4. The summed E-state index contributed by atoms with van der Waals surface area (Å²) in [5.74, 6) is -0.209. The third-order valence-electron chi connectivity index (χ3n) is 1.72. The first-order valence-electron chi connectivity index (χ1n) is 4.44. The quantitative estimate of drug-likeness (QED) is 0.724. The Morgan fingerprint density at radius 3 is 3.12 bits per heavy atom. The lowest BCUT2D eigenvalue weighted by molar-refractivity contribution is -0.116. The van der Waals surface area contributed by atoms with Crippen molar-refractivity contribution in [3.63, 3.8) is 0 Å². The van der Waals surface area contributed by atoms with Crippen molar-refractivity contribution < 1.29 is 4.79 Å². The third-order valence-corrected chi connectivity index (χ3v) is 2.30. The molecule has 2 aromatic heterocycles. The minimum absolute atomic E-state index is 0.0882. The predicted octanol–water partition coefficient (Wildman–Crippen LogP) is -0.773. The van der Waals surface area contributed by atoms with Gasteiger partial charge in [-0.2, -0.15) is 0 Å². The zero-order chi connectivity index (χ0) is 11.4. The van der Waals surface area contributed by atoms with Gasteiger partial charge >= 0.3 is 0 Å². The summed E-state index contributed by atoms with van der Waals surface area (Å²) in [7, 11) is 0. The lowest BCUT2D eigenvalue weighted by Gasteiger charge is -2.00. The summed E-state index contributed by atoms with van der Waals surface area (Å²) in [5.41, 5.74) is 6.02. The first-order valence-corrected chi connectivity index (χ1v) is 5.21. The van der Waals surface area contributed by atoms with Crippen molar-refractivity contribution >= 4 is 22.4 Å². The molecule has 0 bridgehead atoms. The molecule has 84 valence electrons. The standard InChI is InChI=1S/C7H9N7OS/c8-1-5-3-14(12-11-5)4-6(15)10-7-2-9-13-16-7/h2-3H,1,4,8H2,(H,10,15). The molecule has 0 radical (unpaired) electrons. The molecule has 16 heavy (non-hydrogen) atoms. The molecule has 9 heteroatoms. The van der Waals surface area contributed by atoms with Gasteiger partial charge in [-0.1, -0.05) is 9.70 Å². The van der Waals surface area contributed by atoms with Gasteiger partial charge in [0.05, 0.1) is 18.1 Å². The zero-order valence-electron chi connectivity index (χ0n) is 8.20. The van der Waals surface area contributed by atoms with Crippen LogP contribution in [0.2, 0.25) is 0 Å². The topological polar surface area (TPSA) is 112 Å². The van der Waals surface area contributed by atoms with E-state index in [0.717, 1.165) is 11.5 Å². The maximum absolute atomic E-state index is 11.5. The van der Waals surface area contributed by atoms with Crippen molar-refractivity contribution in [3.05, 3.63) is 18.1 Å². The van der Waals surface area contributed by atoms with Crippen LogP contribution in [0.1, 0.15) is 5.69 Å². The van der Waals surface area contributed by atoms with Gasteiger partial charge in [0.15, 0.2) is 0 Å². The number of anilines is 1. The van der Waals surface area contributed by atoms with Crippen LogP contribution in [0.5, 0.6) is 0 Å². The van der Waals surface area contributed by atoms with E-state index >= 15 is 0 Å². The molecule has 0 aromatic carbocycles. The van der Waals surface area contributed by atoms with Crippen LogP contribution in [0.15, 0.2) is 12.4 Å². The van der Waals surface area contributed by atoms with Crippen LogP contribution >= 0.6 is 11.5 Å². The highest BCUT2D eigenvalue weighted by molar-refractivity contribution is 7.10. The Morgan fingerprint density at radius 1 is 1.62 bits per heavy atom. The average molecular weight is 239 g/mol. The highest BCUT2D eigenvalue weighted by atomic mass is 32.1. The smallest absolute Gasteiger partial charge is 0.246 e. The summed E-state index contributed by atoms with van der Waals surface area (Å²) in [6, 6.07) is 0. The van der Waals surface area contributed by atoms with E-state index in [1.54, 1.807) is 6.20 Å². The summed E-state index contributed by atoms with van der Waals surface area (Å²) < 4.78 is 5.05. The predicted molar refractivity (Wildman–Crippen MR) is 56.5 cm³/mol. The second-order valence-corrected chi connectivity index (χ2v) is 3.73. The zero-order valence-corrected chi connectivity index (χ0v) is 9.02. The number of nitrogens with two attached hydrogens (primary N) is 1. The van der Waals surface area contributed by atoms with Crippen LogP contribution < -0.4 is 11.1 Å². The molecule has 0 aliphatic rings. The number of aromatic nitrogens is 5. The highest BCUT2D eigenvalue weighted by Gasteiger charge is 2.06. The first-order chi connectivity index (χ1) is 7.78. The largest absolute Gasteiger partial charge is 0.325 e. The van der Waals surface area contributed by atoms with Gasteiger partial charge in [-0.25, -0.2) is 4.68 Å². The van der Waals surface area contributed by atoms with Gasteiger partial charge in [0.25, 0.3) is 0 Å². The molecule has 0 saturated heterocycles. The molecule has 2 heterocycles. The molecule has 1 amide bonds. The number of nitrogens with one attached hydrogen (secondary N) is 1. The third kappa shape index (κ3) is 2.58. The van der Waals surface area contributed by atoms with Gasteiger partial charge in [-0.3, -0.25) is 4.79 Å². The van der Waals surface area contributed by atoms with Crippen LogP contribution in [0.25, 0.3) is 0 Å². The maximum atomic E-state index is 11.5. The maximum Gasteiger partial charge on any atom is 0.246 e. The molecule has 0 fully saturated rings. The van der Waals surface area contributed by atoms with E-state index in [4.69, 9.17) is 5.73 Å². The van der Waals surface area contributed by atoms with Crippen molar-refractivity contribution in [1.29, 1.82) is 0 Å². The minimum atomic E-state index is -0.209. The molecule has 0 atom stereocenters. The van der Waals surface area contributed by atoms with Crippen LogP contribution in [0, 0.1) is 0 Å². The van der Waals surface area contributed by atoms with E-state index in [0.29, 0.717) is 17.2 Å². The lowest BCUT2D eigenvalue weighted by Crippen LogP contribution is -2.18. The SMILES string of the molecule is NCc1cn(CC(=O)Nc2cnns2)nn1. The number of nitrogens with zero attached hydrogens (tertiary/aromatic N) is 5. The van der Waals surface area contributed by atoms with Crippen molar-refractivity contribution in [2.45, 2.75) is 13.1 Å². The Kier molecular flexibility index (Phi) is 3.17. The molecule has 0 saturated carbocycles. The highest BCUT2D eigenvalue weighted by Crippen LogP contribution is 2.08.